The second-order valence-corrected chi connectivity index (χ2v) is 9.67. The molecule has 1 fully saturated rings. The molecule has 1 aliphatic rings. The standard InChI is InChI=1S/C27H38BNO5/c1-19(2)29(27(32)21-15-13-20(14-16-21)23-11-8-18-33-23)26(28)22-9-5-6-10-24(22)34-17-7-3-4-12-25(30)31/h5-6,8-11,18-21,26H,3-4,7,12-17,28H2,1-2H3,(H,30,31). The molecule has 1 aliphatic carbocycles. The van der Waals surface area contributed by atoms with E-state index in [0.717, 1.165) is 55.6 Å². The van der Waals surface area contributed by atoms with Gasteiger partial charge in [0.1, 0.15) is 19.4 Å². The molecule has 2 aromatic rings. The van der Waals surface area contributed by atoms with Crippen LogP contribution >= 0.6 is 0 Å². The molecule has 0 aliphatic heterocycles. The number of nitrogens with zero attached hydrogens (tertiary/aromatic N) is 1. The third kappa shape index (κ3) is 6.91. The number of amides is 1. The molecule has 1 unspecified atom stereocenters. The molecule has 1 amide bonds. The average Bonchev–Trinajstić information content (AvgIpc) is 3.36. The molecule has 1 saturated carbocycles. The summed E-state index contributed by atoms with van der Waals surface area (Å²) in [7, 11) is 2.08. The van der Waals surface area contributed by atoms with Crippen molar-refractivity contribution in [1.29, 1.82) is 0 Å². The van der Waals surface area contributed by atoms with Gasteiger partial charge in [-0.05, 0) is 77.0 Å². The van der Waals surface area contributed by atoms with Crippen molar-refractivity contribution in [1.82, 2.24) is 4.90 Å². The molecule has 34 heavy (non-hydrogen) atoms. The minimum atomic E-state index is -0.756. The van der Waals surface area contributed by atoms with E-state index in [4.69, 9.17) is 14.3 Å². The summed E-state index contributed by atoms with van der Waals surface area (Å²) < 4.78 is 11.7. The van der Waals surface area contributed by atoms with Gasteiger partial charge in [0.25, 0.3) is 0 Å². The Morgan fingerprint density at radius 3 is 2.47 bits per heavy atom. The van der Waals surface area contributed by atoms with Gasteiger partial charge in [0.05, 0.1) is 12.9 Å². The monoisotopic (exact) mass is 467 g/mol. The summed E-state index contributed by atoms with van der Waals surface area (Å²) in [6, 6.07) is 12.0. The second kappa shape index (κ2) is 12.7. The van der Waals surface area contributed by atoms with Gasteiger partial charge in [-0.1, -0.05) is 18.2 Å². The lowest BCUT2D eigenvalue weighted by Crippen LogP contribution is -2.44. The lowest BCUT2D eigenvalue weighted by Gasteiger charge is -2.38. The van der Waals surface area contributed by atoms with Crippen LogP contribution in [0.1, 0.15) is 88.4 Å². The van der Waals surface area contributed by atoms with Gasteiger partial charge in [-0.25, -0.2) is 0 Å². The van der Waals surface area contributed by atoms with Gasteiger partial charge in [0.2, 0.25) is 5.91 Å². The van der Waals surface area contributed by atoms with E-state index in [-0.39, 0.29) is 30.2 Å². The van der Waals surface area contributed by atoms with Crippen LogP contribution in [-0.4, -0.2) is 42.4 Å². The number of carbonyl (C=O) groups excluding carboxylic acids is 1. The lowest BCUT2D eigenvalue weighted by molar-refractivity contribution is -0.139. The topological polar surface area (TPSA) is 80.0 Å². The predicted octanol–water partition coefficient (Wildman–Crippen LogP) is 5.15. The molecular formula is C27H38BNO5. The summed E-state index contributed by atoms with van der Waals surface area (Å²) in [4.78, 5) is 26.3. The van der Waals surface area contributed by atoms with Crippen molar-refractivity contribution in [3.63, 3.8) is 0 Å². The first-order chi connectivity index (χ1) is 16.4. The van der Waals surface area contributed by atoms with E-state index < -0.39 is 5.97 Å². The van der Waals surface area contributed by atoms with E-state index in [0.29, 0.717) is 18.9 Å². The number of para-hydroxylation sites is 1. The van der Waals surface area contributed by atoms with Gasteiger partial charge in [0.15, 0.2) is 0 Å². The molecule has 1 N–H and O–H groups in total. The molecule has 3 rings (SSSR count). The summed E-state index contributed by atoms with van der Waals surface area (Å²) in [5, 5.41) is 8.77. The number of benzene rings is 1. The van der Waals surface area contributed by atoms with Crippen molar-refractivity contribution in [3.05, 3.63) is 54.0 Å². The van der Waals surface area contributed by atoms with Crippen LogP contribution in [0.4, 0.5) is 0 Å². The quantitative estimate of drug-likeness (QED) is 0.345. The highest BCUT2D eigenvalue weighted by Crippen LogP contribution is 2.38. The fourth-order valence-corrected chi connectivity index (χ4v) is 5.10. The summed E-state index contributed by atoms with van der Waals surface area (Å²) in [5.74, 6) is 1.66. The maximum Gasteiger partial charge on any atom is 0.303 e. The van der Waals surface area contributed by atoms with Gasteiger partial charge in [-0.2, -0.15) is 0 Å². The lowest BCUT2D eigenvalue weighted by atomic mass is 9.78. The Morgan fingerprint density at radius 1 is 1.09 bits per heavy atom. The third-order valence-electron chi connectivity index (χ3n) is 6.91. The Labute approximate surface area is 204 Å². The molecule has 184 valence electrons. The first-order valence-electron chi connectivity index (χ1n) is 12.7. The maximum atomic E-state index is 13.7. The smallest absolute Gasteiger partial charge is 0.303 e. The van der Waals surface area contributed by atoms with Gasteiger partial charge in [0, 0.05) is 35.8 Å². The highest BCUT2D eigenvalue weighted by atomic mass is 16.5. The average molecular weight is 467 g/mol. The largest absolute Gasteiger partial charge is 0.493 e. The number of carboxylic acids is 1. The number of hydrogen-bond donors (Lipinski definition) is 1. The molecule has 0 spiro atoms. The van der Waals surface area contributed by atoms with Crippen LogP contribution in [0.5, 0.6) is 5.75 Å². The molecule has 1 aromatic heterocycles. The second-order valence-electron chi connectivity index (χ2n) is 9.67. The van der Waals surface area contributed by atoms with E-state index >= 15 is 0 Å². The zero-order chi connectivity index (χ0) is 24.5. The van der Waals surface area contributed by atoms with Crippen LogP contribution in [-0.2, 0) is 9.59 Å². The van der Waals surface area contributed by atoms with E-state index in [1.54, 1.807) is 6.26 Å². The summed E-state index contributed by atoms with van der Waals surface area (Å²) in [5.41, 5.74) is 1.01. The SMILES string of the molecule is BC(c1ccccc1OCCCCCC(=O)O)N(C(=O)C1CCC(c2ccco2)CC1)C(C)C. The summed E-state index contributed by atoms with van der Waals surface area (Å²) >= 11 is 0. The zero-order valence-electron chi connectivity index (χ0n) is 20.7. The first kappa shape index (κ1) is 25.9. The molecule has 1 heterocycles. The van der Waals surface area contributed by atoms with Gasteiger partial charge in [-0.15, -0.1) is 0 Å². The Bertz CT molecular complexity index is 906. The van der Waals surface area contributed by atoms with Crippen LogP contribution in [0.2, 0.25) is 0 Å². The van der Waals surface area contributed by atoms with E-state index in [1.165, 1.54) is 0 Å². The summed E-state index contributed by atoms with van der Waals surface area (Å²) in [6.45, 7) is 4.69. The molecule has 0 bridgehead atoms. The number of hydrogen-bond acceptors (Lipinski definition) is 4. The van der Waals surface area contributed by atoms with Crippen molar-refractivity contribution in [2.45, 2.75) is 83.1 Å². The van der Waals surface area contributed by atoms with Crippen LogP contribution in [0.3, 0.4) is 0 Å². The number of carboxylic acid groups (broad SMARTS) is 1. The van der Waals surface area contributed by atoms with E-state index in [1.807, 2.05) is 41.3 Å². The molecular weight excluding hydrogens is 429 g/mol. The van der Waals surface area contributed by atoms with Crippen molar-refractivity contribution >= 4 is 19.7 Å². The Morgan fingerprint density at radius 2 is 1.82 bits per heavy atom. The van der Waals surface area contributed by atoms with Crippen molar-refractivity contribution in [2.24, 2.45) is 5.92 Å². The predicted molar refractivity (Wildman–Crippen MR) is 135 cm³/mol. The fraction of sp³-hybridized carbons (Fsp3) is 0.556. The van der Waals surface area contributed by atoms with Gasteiger partial charge >= 0.3 is 5.97 Å². The van der Waals surface area contributed by atoms with Crippen LogP contribution < -0.4 is 4.74 Å². The Balaban J connectivity index is 1.61. The molecule has 1 atom stereocenters. The van der Waals surface area contributed by atoms with Crippen molar-refractivity contribution in [3.8, 4) is 5.75 Å². The highest BCUT2D eigenvalue weighted by Gasteiger charge is 2.34. The number of aliphatic carboxylic acids is 1. The first-order valence-corrected chi connectivity index (χ1v) is 12.7. The zero-order valence-corrected chi connectivity index (χ0v) is 20.7. The number of furan rings is 1. The van der Waals surface area contributed by atoms with E-state index in [2.05, 4.69) is 21.7 Å². The molecule has 6 nitrogen and oxygen atoms in total. The molecule has 0 radical (unpaired) electrons. The van der Waals surface area contributed by atoms with Crippen molar-refractivity contribution < 1.29 is 23.8 Å². The molecule has 7 heteroatoms. The highest BCUT2D eigenvalue weighted by molar-refractivity contribution is 6.13. The fourth-order valence-electron chi connectivity index (χ4n) is 5.10. The number of rotatable bonds is 12. The molecule has 0 saturated heterocycles. The van der Waals surface area contributed by atoms with Gasteiger partial charge < -0.3 is 19.2 Å². The third-order valence-corrected chi connectivity index (χ3v) is 6.91. The number of unbranched alkanes of at least 4 members (excludes halogenated alkanes) is 2. The minimum Gasteiger partial charge on any atom is -0.493 e. The summed E-state index contributed by atoms with van der Waals surface area (Å²) in [6.07, 6.45) is 7.94. The minimum absolute atomic E-state index is 0.0402. The maximum absolute atomic E-state index is 13.7. The van der Waals surface area contributed by atoms with Crippen LogP contribution in [0.15, 0.2) is 47.1 Å². The molecule has 1 aromatic carbocycles. The van der Waals surface area contributed by atoms with E-state index in [9.17, 15) is 9.59 Å². The number of carbonyl (C=O) groups is 2. The Hall–Kier alpha value is -2.70. The number of ether oxygens (including phenoxy) is 1. The van der Waals surface area contributed by atoms with Crippen molar-refractivity contribution in [2.75, 3.05) is 6.61 Å². The normalized spacial score (nSPS) is 19.0. The van der Waals surface area contributed by atoms with Gasteiger partial charge in [-0.3, -0.25) is 9.59 Å². The van der Waals surface area contributed by atoms with Crippen LogP contribution in [0.25, 0.3) is 0 Å². The Kier molecular flexibility index (Phi) is 9.67. The van der Waals surface area contributed by atoms with Crippen LogP contribution in [0, 0.1) is 5.92 Å².